The zero-order valence-corrected chi connectivity index (χ0v) is 15.6. The Morgan fingerprint density at radius 3 is 2.42 bits per heavy atom. The summed E-state index contributed by atoms with van der Waals surface area (Å²) < 4.78 is 27.6. The first-order valence-electron chi connectivity index (χ1n) is 8.73. The zero-order valence-electron chi connectivity index (χ0n) is 14.8. The molecule has 2 bridgehead atoms. The topological polar surface area (TPSA) is 95.1 Å². The fourth-order valence-corrected chi connectivity index (χ4v) is 6.13. The molecule has 1 aromatic rings. The number of fused-ring (bicyclic) bond motifs is 2. The molecule has 0 radical (unpaired) electrons. The fraction of sp³-hybridized carbons (Fsp3) is 0.765. The molecule has 0 aliphatic heterocycles. The lowest BCUT2D eigenvalue weighted by Crippen LogP contribution is -2.35. The molecule has 2 saturated carbocycles. The van der Waals surface area contributed by atoms with Crippen LogP contribution in [-0.2, 0) is 14.6 Å². The van der Waals surface area contributed by atoms with Gasteiger partial charge in [0, 0.05) is 11.7 Å². The summed E-state index contributed by atoms with van der Waals surface area (Å²) in [5.41, 5.74) is 6.80. The van der Waals surface area contributed by atoms with Crippen molar-refractivity contribution in [2.75, 3.05) is 0 Å². The summed E-state index contributed by atoms with van der Waals surface area (Å²) >= 11 is 0. The van der Waals surface area contributed by atoms with Gasteiger partial charge in [0.1, 0.15) is 5.25 Å². The molecule has 2 aliphatic rings. The van der Waals surface area contributed by atoms with Gasteiger partial charge < -0.3 is 10.3 Å². The molecular formula is C17H27N3O3S. The van der Waals surface area contributed by atoms with Gasteiger partial charge in [-0.1, -0.05) is 6.42 Å². The van der Waals surface area contributed by atoms with Crippen LogP contribution >= 0.6 is 0 Å². The SMILES string of the molecule is Cc1nc(S(=O)(=O)[C@H](C)C(N)=O)n([C@H](C)[C@@H]2C[C@H]3CC[C@H]2C3)c1C. The molecule has 134 valence electrons. The fourth-order valence-electron chi connectivity index (χ4n) is 4.66. The Labute approximate surface area is 143 Å². The highest BCUT2D eigenvalue weighted by Crippen LogP contribution is 2.52. The second-order valence-corrected chi connectivity index (χ2v) is 9.77. The van der Waals surface area contributed by atoms with E-state index in [0.29, 0.717) is 17.5 Å². The number of primary amides is 1. The molecule has 0 saturated heterocycles. The zero-order chi connectivity index (χ0) is 17.8. The van der Waals surface area contributed by atoms with Crippen molar-refractivity contribution in [3.05, 3.63) is 11.4 Å². The molecule has 0 spiro atoms. The lowest BCUT2D eigenvalue weighted by Gasteiger charge is -2.30. The monoisotopic (exact) mass is 353 g/mol. The number of nitrogens with zero attached hydrogens (tertiary/aromatic N) is 2. The van der Waals surface area contributed by atoms with Crippen molar-refractivity contribution < 1.29 is 13.2 Å². The number of aromatic nitrogens is 2. The Kier molecular flexibility index (Phi) is 4.26. The number of amides is 1. The maximum Gasteiger partial charge on any atom is 0.235 e. The quantitative estimate of drug-likeness (QED) is 0.877. The number of hydrogen-bond acceptors (Lipinski definition) is 4. The van der Waals surface area contributed by atoms with Crippen LogP contribution in [0.2, 0.25) is 0 Å². The summed E-state index contributed by atoms with van der Waals surface area (Å²) in [6.45, 7) is 7.14. The summed E-state index contributed by atoms with van der Waals surface area (Å²) in [4.78, 5) is 15.8. The van der Waals surface area contributed by atoms with Crippen molar-refractivity contribution in [1.29, 1.82) is 0 Å². The summed E-state index contributed by atoms with van der Waals surface area (Å²) in [7, 11) is -3.88. The second-order valence-electron chi connectivity index (χ2n) is 7.60. The van der Waals surface area contributed by atoms with Crippen molar-refractivity contribution in [3.63, 3.8) is 0 Å². The van der Waals surface area contributed by atoms with E-state index in [1.165, 1.54) is 26.2 Å². The summed E-state index contributed by atoms with van der Waals surface area (Å²) in [6.07, 6.45) is 4.97. The molecule has 2 aliphatic carbocycles. The van der Waals surface area contributed by atoms with Crippen molar-refractivity contribution in [2.45, 2.75) is 69.8 Å². The number of carbonyl (C=O) groups excluding carboxylic acids is 1. The van der Waals surface area contributed by atoms with E-state index in [9.17, 15) is 13.2 Å². The average molecular weight is 353 g/mol. The van der Waals surface area contributed by atoms with Crippen LogP contribution in [0.3, 0.4) is 0 Å². The summed E-state index contributed by atoms with van der Waals surface area (Å²) in [6, 6.07) is 0.0614. The molecule has 0 aromatic carbocycles. The number of sulfone groups is 1. The molecule has 2 fully saturated rings. The van der Waals surface area contributed by atoms with Gasteiger partial charge in [0.05, 0.1) is 5.69 Å². The third-order valence-corrected chi connectivity index (χ3v) is 8.25. The predicted molar refractivity (Wildman–Crippen MR) is 91.2 cm³/mol. The second kappa shape index (κ2) is 5.86. The highest BCUT2D eigenvalue weighted by atomic mass is 32.2. The van der Waals surface area contributed by atoms with Crippen molar-refractivity contribution in [2.24, 2.45) is 23.5 Å². The Morgan fingerprint density at radius 2 is 1.92 bits per heavy atom. The molecule has 1 amide bonds. The van der Waals surface area contributed by atoms with E-state index in [1.807, 2.05) is 18.4 Å². The van der Waals surface area contributed by atoms with Gasteiger partial charge in [0.15, 0.2) is 0 Å². The average Bonchev–Trinajstić information content (AvgIpc) is 3.21. The normalized spacial score (nSPS) is 28.9. The van der Waals surface area contributed by atoms with Gasteiger partial charge in [-0.15, -0.1) is 0 Å². The van der Waals surface area contributed by atoms with Crippen LogP contribution in [-0.4, -0.2) is 29.1 Å². The molecular weight excluding hydrogens is 326 g/mol. The number of aryl methyl sites for hydroxylation is 1. The van der Waals surface area contributed by atoms with Gasteiger partial charge in [-0.3, -0.25) is 4.79 Å². The Hall–Kier alpha value is -1.37. The Balaban J connectivity index is 2.04. The largest absolute Gasteiger partial charge is 0.369 e. The summed E-state index contributed by atoms with van der Waals surface area (Å²) in [5, 5.41) is -1.27. The van der Waals surface area contributed by atoms with E-state index < -0.39 is 21.0 Å². The van der Waals surface area contributed by atoms with Crippen LogP contribution in [0, 0.1) is 31.6 Å². The first kappa shape index (κ1) is 17.5. The van der Waals surface area contributed by atoms with E-state index in [1.54, 1.807) is 0 Å². The Morgan fingerprint density at radius 1 is 1.25 bits per heavy atom. The van der Waals surface area contributed by atoms with Crippen LogP contribution < -0.4 is 5.73 Å². The maximum atomic E-state index is 12.9. The number of imidazole rings is 1. The highest BCUT2D eigenvalue weighted by Gasteiger charge is 2.44. The number of hydrogen-bond donors (Lipinski definition) is 1. The van der Waals surface area contributed by atoms with Crippen molar-refractivity contribution in [1.82, 2.24) is 9.55 Å². The Bertz CT molecular complexity index is 768. The molecule has 1 aromatic heterocycles. The van der Waals surface area contributed by atoms with Crippen molar-refractivity contribution >= 4 is 15.7 Å². The van der Waals surface area contributed by atoms with Gasteiger partial charge in [-0.05, 0) is 64.7 Å². The standard InChI is InChI=1S/C17H27N3O3S/c1-9-10(2)20(11(3)15-8-13-5-6-14(15)7-13)17(19-9)24(22,23)12(4)16(18)21/h11-15H,5-8H2,1-4H3,(H2,18,21)/t11-,12-,13+,14+,15+/m1/s1. The minimum absolute atomic E-state index is 0.000858. The first-order valence-corrected chi connectivity index (χ1v) is 10.3. The first-order chi connectivity index (χ1) is 11.1. The van der Waals surface area contributed by atoms with E-state index in [4.69, 9.17) is 5.73 Å². The van der Waals surface area contributed by atoms with E-state index in [-0.39, 0.29) is 11.2 Å². The van der Waals surface area contributed by atoms with Crippen LogP contribution in [0.25, 0.3) is 0 Å². The third-order valence-electron chi connectivity index (χ3n) is 6.29. The number of carbonyl (C=O) groups is 1. The molecule has 0 unspecified atom stereocenters. The van der Waals surface area contributed by atoms with E-state index in [0.717, 1.165) is 18.0 Å². The van der Waals surface area contributed by atoms with Crippen LogP contribution in [0.5, 0.6) is 0 Å². The number of nitrogens with two attached hydrogens (primary N) is 1. The van der Waals surface area contributed by atoms with Crippen LogP contribution in [0.15, 0.2) is 5.16 Å². The smallest absolute Gasteiger partial charge is 0.235 e. The van der Waals surface area contributed by atoms with Gasteiger partial charge in [0.25, 0.3) is 0 Å². The number of rotatable bonds is 5. The van der Waals surface area contributed by atoms with Gasteiger partial charge in [-0.25, -0.2) is 13.4 Å². The molecule has 3 rings (SSSR count). The maximum absolute atomic E-state index is 12.9. The predicted octanol–water partition coefficient (Wildman–Crippen LogP) is 2.14. The van der Waals surface area contributed by atoms with E-state index in [2.05, 4.69) is 11.9 Å². The molecule has 24 heavy (non-hydrogen) atoms. The molecule has 5 atom stereocenters. The minimum Gasteiger partial charge on any atom is -0.369 e. The molecule has 6 nitrogen and oxygen atoms in total. The highest BCUT2D eigenvalue weighted by molar-refractivity contribution is 7.92. The molecule has 1 heterocycles. The van der Waals surface area contributed by atoms with Crippen LogP contribution in [0.1, 0.15) is 57.0 Å². The lowest BCUT2D eigenvalue weighted by molar-refractivity contribution is -0.117. The van der Waals surface area contributed by atoms with Gasteiger partial charge in [0.2, 0.25) is 20.9 Å². The van der Waals surface area contributed by atoms with Crippen LogP contribution in [0.4, 0.5) is 0 Å². The van der Waals surface area contributed by atoms with Gasteiger partial charge in [-0.2, -0.15) is 0 Å². The van der Waals surface area contributed by atoms with Gasteiger partial charge >= 0.3 is 0 Å². The minimum atomic E-state index is -3.88. The summed E-state index contributed by atoms with van der Waals surface area (Å²) in [5.74, 6) is 1.11. The lowest BCUT2D eigenvalue weighted by atomic mass is 9.84. The third kappa shape index (κ3) is 2.57. The molecule has 2 N–H and O–H groups in total. The molecule has 7 heteroatoms. The van der Waals surface area contributed by atoms with E-state index >= 15 is 0 Å². The van der Waals surface area contributed by atoms with Crippen molar-refractivity contribution in [3.8, 4) is 0 Å².